The molecule has 0 aromatic heterocycles. The van der Waals surface area contributed by atoms with Crippen molar-refractivity contribution in [1.29, 1.82) is 0 Å². The first-order chi connectivity index (χ1) is 18.6. The van der Waals surface area contributed by atoms with Crippen molar-refractivity contribution in [2.45, 2.75) is 57.9 Å². The molecule has 210 valence electrons. The molecule has 3 N–H and O–H groups in total. The fraction of sp³-hybridized carbons (Fsp3) is 0.500. The number of nitrogens with zero attached hydrogens (tertiary/aromatic N) is 3. The van der Waals surface area contributed by atoms with E-state index in [0.29, 0.717) is 12.1 Å². The van der Waals surface area contributed by atoms with Gasteiger partial charge in [0.25, 0.3) is 5.91 Å². The Morgan fingerprint density at radius 3 is 2.64 bits per heavy atom. The molecule has 3 saturated heterocycles. The summed E-state index contributed by atoms with van der Waals surface area (Å²) in [4.78, 5) is 75.8. The van der Waals surface area contributed by atoms with E-state index >= 15 is 0 Å². The first-order valence-electron chi connectivity index (χ1n) is 12.5. The van der Waals surface area contributed by atoms with E-state index in [1.807, 2.05) is 0 Å². The van der Waals surface area contributed by atoms with E-state index < -0.39 is 42.2 Å². The number of ether oxygens (including phenoxy) is 2. The maximum atomic E-state index is 13.6. The number of hydrazine groups is 2. The highest BCUT2D eigenvalue weighted by Crippen LogP contribution is 2.26. The molecule has 0 bridgehead atoms. The minimum Gasteiger partial charge on any atom is -0.433 e. The first-order valence-corrected chi connectivity index (χ1v) is 12.9. The van der Waals surface area contributed by atoms with Crippen LogP contribution in [0.3, 0.4) is 0 Å². The van der Waals surface area contributed by atoms with Crippen molar-refractivity contribution in [3.05, 3.63) is 28.8 Å². The first kappa shape index (κ1) is 28.1. The van der Waals surface area contributed by atoms with E-state index in [-0.39, 0.29) is 61.4 Å². The molecule has 1 unspecified atom stereocenters. The van der Waals surface area contributed by atoms with Gasteiger partial charge >= 0.3 is 12.0 Å². The largest absolute Gasteiger partial charge is 0.433 e. The van der Waals surface area contributed by atoms with Gasteiger partial charge in [-0.2, -0.15) is 0 Å². The molecule has 3 fully saturated rings. The molecule has 3 atom stereocenters. The summed E-state index contributed by atoms with van der Waals surface area (Å²) in [6.45, 7) is 3.40. The Hall–Kier alpha value is -3.91. The van der Waals surface area contributed by atoms with Gasteiger partial charge in [0.05, 0.1) is 23.7 Å². The molecule has 0 saturated carbocycles. The highest BCUT2D eigenvalue weighted by Gasteiger charge is 2.46. The van der Waals surface area contributed by atoms with Gasteiger partial charge in [0.1, 0.15) is 12.1 Å². The molecule has 4 rings (SSSR count). The van der Waals surface area contributed by atoms with Crippen molar-refractivity contribution in [2.24, 2.45) is 0 Å². The smallest absolute Gasteiger partial charge is 0.358 e. The van der Waals surface area contributed by atoms with Crippen molar-refractivity contribution >= 4 is 52.9 Å². The number of urea groups is 1. The molecule has 6 amide bonds. The summed E-state index contributed by atoms with van der Waals surface area (Å²) in [7, 11) is 0. The molecule has 3 aliphatic heterocycles. The number of benzene rings is 1. The molecule has 3 aliphatic rings. The third-order valence-corrected chi connectivity index (χ3v) is 6.68. The van der Waals surface area contributed by atoms with Crippen molar-refractivity contribution in [3.63, 3.8) is 0 Å². The van der Waals surface area contributed by atoms with Crippen LogP contribution in [0.5, 0.6) is 0 Å². The van der Waals surface area contributed by atoms with E-state index in [9.17, 15) is 28.8 Å². The second kappa shape index (κ2) is 11.9. The van der Waals surface area contributed by atoms with E-state index in [1.54, 1.807) is 6.92 Å². The van der Waals surface area contributed by atoms with Gasteiger partial charge in [-0.05, 0) is 38.0 Å². The van der Waals surface area contributed by atoms with Crippen LogP contribution in [0.1, 0.15) is 49.9 Å². The zero-order chi connectivity index (χ0) is 28.3. The zero-order valence-electron chi connectivity index (χ0n) is 21.4. The van der Waals surface area contributed by atoms with Gasteiger partial charge in [-0.3, -0.25) is 29.4 Å². The Bertz CT molecular complexity index is 1200. The molecular formula is C24H29ClN6O8. The molecule has 39 heavy (non-hydrogen) atoms. The van der Waals surface area contributed by atoms with Crippen LogP contribution in [0.2, 0.25) is 5.02 Å². The quantitative estimate of drug-likeness (QED) is 0.408. The summed E-state index contributed by atoms with van der Waals surface area (Å²) in [5, 5.41) is 8.62. The van der Waals surface area contributed by atoms with Crippen LogP contribution in [0, 0.1) is 0 Å². The fourth-order valence-corrected chi connectivity index (χ4v) is 4.83. The van der Waals surface area contributed by atoms with Crippen molar-refractivity contribution < 1.29 is 38.2 Å². The van der Waals surface area contributed by atoms with Gasteiger partial charge in [-0.25, -0.2) is 19.8 Å². The molecule has 3 heterocycles. The fourth-order valence-electron chi connectivity index (χ4n) is 4.60. The molecule has 1 aromatic carbocycles. The zero-order valence-corrected chi connectivity index (χ0v) is 22.2. The van der Waals surface area contributed by atoms with Crippen LogP contribution in [-0.2, 0) is 28.7 Å². The number of carbonyl (C=O) groups excluding carboxylic acids is 6. The Balaban J connectivity index is 1.51. The Kier molecular flexibility index (Phi) is 8.55. The summed E-state index contributed by atoms with van der Waals surface area (Å²) in [5.41, 5.74) is 2.91. The number of amides is 6. The van der Waals surface area contributed by atoms with E-state index in [0.717, 1.165) is 10.0 Å². The van der Waals surface area contributed by atoms with Gasteiger partial charge < -0.3 is 20.1 Å². The third kappa shape index (κ3) is 6.23. The maximum Gasteiger partial charge on any atom is 0.358 e. The van der Waals surface area contributed by atoms with Crippen LogP contribution in [-0.4, -0.2) is 88.7 Å². The summed E-state index contributed by atoms with van der Waals surface area (Å²) in [6.07, 6.45) is -0.410. The molecule has 1 aromatic rings. The molecule has 14 nitrogen and oxygen atoms in total. The number of cyclic esters (lactones) is 1. The van der Waals surface area contributed by atoms with Crippen LogP contribution in [0.4, 0.5) is 10.5 Å². The van der Waals surface area contributed by atoms with E-state index in [2.05, 4.69) is 16.1 Å². The predicted molar refractivity (Wildman–Crippen MR) is 135 cm³/mol. The SMILES string of the molecule is CCOC1OC(=O)C[C@@H]1NC(=O)[C@@H]1CCCN2C(=O)CCN(NC(=O)c3ccc(NC(C)=O)c(Cl)c3)C(=O)N12. The predicted octanol–water partition coefficient (Wildman–Crippen LogP) is 0.771. The monoisotopic (exact) mass is 564 g/mol. The summed E-state index contributed by atoms with van der Waals surface area (Å²) >= 11 is 6.17. The van der Waals surface area contributed by atoms with Crippen molar-refractivity contribution in [1.82, 2.24) is 25.8 Å². The number of hydrogen-bond donors (Lipinski definition) is 3. The minimum absolute atomic E-state index is 0.0868. The highest BCUT2D eigenvalue weighted by atomic mass is 35.5. The average Bonchev–Trinajstić information content (AvgIpc) is 3.18. The van der Waals surface area contributed by atoms with Gasteiger partial charge in [-0.1, -0.05) is 11.6 Å². The summed E-state index contributed by atoms with van der Waals surface area (Å²) < 4.78 is 10.5. The van der Waals surface area contributed by atoms with E-state index in [4.69, 9.17) is 21.1 Å². The lowest BCUT2D eigenvalue weighted by Crippen LogP contribution is -2.65. The average molecular weight is 565 g/mol. The third-order valence-electron chi connectivity index (χ3n) is 6.37. The Labute approximate surface area is 228 Å². The lowest BCUT2D eigenvalue weighted by atomic mass is 10.1. The lowest BCUT2D eigenvalue weighted by molar-refractivity contribution is -0.166. The molecule has 15 heteroatoms. The Morgan fingerprint density at radius 1 is 1.18 bits per heavy atom. The highest BCUT2D eigenvalue weighted by molar-refractivity contribution is 6.34. The molecular weight excluding hydrogens is 536 g/mol. The number of hydrogen-bond acceptors (Lipinski definition) is 8. The van der Waals surface area contributed by atoms with Crippen LogP contribution < -0.4 is 16.1 Å². The second-order valence-corrected chi connectivity index (χ2v) is 9.56. The molecule has 0 radical (unpaired) electrons. The number of carbonyl (C=O) groups is 6. The number of rotatable bonds is 7. The van der Waals surface area contributed by atoms with Crippen LogP contribution in [0.25, 0.3) is 0 Å². The van der Waals surface area contributed by atoms with Crippen molar-refractivity contribution in [3.8, 4) is 0 Å². The molecule has 0 spiro atoms. The van der Waals surface area contributed by atoms with E-state index in [1.165, 1.54) is 30.1 Å². The van der Waals surface area contributed by atoms with Gasteiger partial charge in [0.2, 0.25) is 24.0 Å². The van der Waals surface area contributed by atoms with Gasteiger partial charge in [-0.15, -0.1) is 0 Å². The molecule has 0 aliphatic carbocycles. The summed E-state index contributed by atoms with van der Waals surface area (Å²) in [5.74, 6) is -2.50. The lowest BCUT2D eigenvalue weighted by Gasteiger charge is -2.43. The number of fused-ring (bicyclic) bond motifs is 1. The van der Waals surface area contributed by atoms with Crippen molar-refractivity contribution in [2.75, 3.05) is 25.0 Å². The number of esters is 1. The normalized spacial score (nSPS) is 23.1. The van der Waals surface area contributed by atoms with Gasteiger partial charge in [0, 0.05) is 32.1 Å². The standard InChI is InChI=1S/C24H29ClN6O8/c1-3-38-23-17(12-20(34)39-23)27-22(36)18-5-4-9-30-19(33)8-10-29(24(37)31(18)30)28-21(35)14-6-7-16(15(25)11-14)26-13(2)32/h6-7,11,17-18,23H,3-5,8-10,12H2,1-2H3,(H,26,32)(H,27,36)(H,28,35)/t17-,18-,23?/m0/s1. The van der Waals surface area contributed by atoms with Crippen LogP contribution >= 0.6 is 11.6 Å². The second-order valence-electron chi connectivity index (χ2n) is 9.15. The minimum atomic E-state index is -1.07. The van der Waals surface area contributed by atoms with Crippen LogP contribution in [0.15, 0.2) is 18.2 Å². The maximum absolute atomic E-state index is 13.6. The number of halogens is 1. The Morgan fingerprint density at radius 2 is 1.95 bits per heavy atom. The topological polar surface area (TPSA) is 167 Å². The van der Waals surface area contributed by atoms with Gasteiger partial charge in [0.15, 0.2) is 0 Å². The number of nitrogens with one attached hydrogen (secondary N) is 3. The summed E-state index contributed by atoms with van der Waals surface area (Å²) in [6, 6.07) is 1.61. The number of anilines is 1.